The van der Waals surface area contributed by atoms with E-state index in [1.165, 1.54) is 13.4 Å². The summed E-state index contributed by atoms with van der Waals surface area (Å²) >= 11 is 0. The van der Waals surface area contributed by atoms with Crippen LogP contribution >= 0.6 is 0 Å². The molecule has 1 atom stereocenters. The normalized spacial score (nSPS) is 12.1. The molecule has 0 aliphatic carbocycles. The summed E-state index contributed by atoms with van der Waals surface area (Å²) in [7, 11) is 1.32. The summed E-state index contributed by atoms with van der Waals surface area (Å²) in [5.41, 5.74) is 1.11. The molecule has 0 saturated carbocycles. The van der Waals surface area contributed by atoms with E-state index in [1.54, 1.807) is 23.0 Å². The van der Waals surface area contributed by atoms with E-state index in [1.807, 2.05) is 30.3 Å². The van der Waals surface area contributed by atoms with Gasteiger partial charge in [-0.05, 0) is 11.6 Å². The first-order chi connectivity index (χ1) is 11.2. The van der Waals surface area contributed by atoms with Gasteiger partial charge in [0.15, 0.2) is 0 Å². The van der Waals surface area contributed by atoms with Crippen LogP contribution in [-0.4, -0.2) is 27.7 Å². The standard InChI is InChI=1S/C17H16N2O4/c1-22-17(21)13-9-14(23-11-13)10-19-8-7-18-16(19)15(20)12-5-3-2-4-6-12/h2-9,11,15,20H,10H2,1H3. The van der Waals surface area contributed by atoms with Crippen LogP contribution in [0, 0.1) is 0 Å². The van der Waals surface area contributed by atoms with Crippen LogP contribution in [0.2, 0.25) is 0 Å². The van der Waals surface area contributed by atoms with Gasteiger partial charge in [0.1, 0.15) is 24.0 Å². The van der Waals surface area contributed by atoms with Crippen molar-refractivity contribution in [1.29, 1.82) is 0 Å². The predicted octanol–water partition coefficient (Wildman–Crippen LogP) is 2.39. The molecule has 0 aliphatic heterocycles. The van der Waals surface area contributed by atoms with Crippen LogP contribution in [0.5, 0.6) is 0 Å². The molecule has 2 aromatic heterocycles. The van der Waals surface area contributed by atoms with E-state index in [0.717, 1.165) is 5.56 Å². The van der Waals surface area contributed by atoms with Crippen LogP contribution in [0.4, 0.5) is 0 Å². The Morgan fingerprint density at radius 1 is 1.39 bits per heavy atom. The quantitative estimate of drug-likeness (QED) is 0.732. The molecule has 0 aliphatic rings. The monoisotopic (exact) mass is 312 g/mol. The number of furan rings is 1. The van der Waals surface area contributed by atoms with E-state index >= 15 is 0 Å². The summed E-state index contributed by atoms with van der Waals surface area (Å²) in [6, 6.07) is 10.9. The largest absolute Gasteiger partial charge is 0.467 e. The van der Waals surface area contributed by atoms with Crippen molar-refractivity contribution in [3.63, 3.8) is 0 Å². The number of ether oxygens (including phenoxy) is 1. The third-order valence-electron chi connectivity index (χ3n) is 3.51. The highest BCUT2D eigenvalue weighted by Crippen LogP contribution is 2.21. The molecule has 0 bridgehead atoms. The van der Waals surface area contributed by atoms with Crippen LogP contribution in [0.15, 0.2) is 59.5 Å². The van der Waals surface area contributed by atoms with E-state index in [-0.39, 0.29) is 0 Å². The lowest BCUT2D eigenvalue weighted by atomic mass is 10.1. The first-order valence-electron chi connectivity index (χ1n) is 7.09. The number of carbonyl (C=O) groups is 1. The number of hydrogen-bond donors (Lipinski definition) is 1. The fraction of sp³-hybridized carbons (Fsp3) is 0.176. The smallest absolute Gasteiger partial charge is 0.341 e. The van der Waals surface area contributed by atoms with Crippen LogP contribution in [0.25, 0.3) is 0 Å². The lowest BCUT2D eigenvalue weighted by Gasteiger charge is -2.12. The van der Waals surface area contributed by atoms with Gasteiger partial charge in [-0.2, -0.15) is 0 Å². The van der Waals surface area contributed by atoms with E-state index in [4.69, 9.17) is 4.42 Å². The molecule has 6 nitrogen and oxygen atoms in total. The number of hydrogen-bond acceptors (Lipinski definition) is 5. The van der Waals surface area contributed by atoms with Crippen molar-refractivity contribution in [2.75, 3.05) is 7.11 Å². The maximum Gasteiger partial charge on any atom is 0.341 e. The molecule has 23 heavy (non-hydrogen) atoms. The third-order valence-corrected chi connectivity index (χ3v) is 3.51. The Kier molecular flexibility index (Phi) is 4.25. The van der Waals surface area contributed by atoms with Crippen LogP contribution < -0.4 is 0 Å². The molecule has 0 amide bonds. The van der Waals surface area contributed by atoms with Gasteiger partial charge in [-0.1, -0.05) is 30.3 Å². The van der Waals surface area contributed by atoms with E-state index < -0.39 is 12.1 Å². The third kappa shape index (κ3) is 3.17. The maximum atomic E-state index is 11.4. The highest BCUT2D eigenvalue weighted by molar-refractivity contribution is 5.88. The highest BCUT2D eigenvalue weighted by Gasteiger charge is 2.17. The number of aliphatic hydroxyl groups excluding tert-OH is 1. The van der Waals surface area contributed by atoms with Gasteiger partial charge in [0.2, 0.25) is 0 Å². The van der Waals surface area contributed by atoms with Gasteiger partial charge in [-0.15, -0.1) is 0 Å². The first-order valence-corrected chi connectivity index (χ1v) is 7.09. The van der Waals surface area contributed by atoms with Gasteiger partial charge in [-0.25, -0.2) is 9.78 Å². The number of aliphatic hydroxyl groups is 1. The fourth-order valence-electron chi connectivity index (χ4n) is 2.34. The Bertz CT molecular complexity index is 792. The summed E-state index contributed by atoms with van der Waals surface area (Å²) in [6.07, 6.45) is 3.89. The molecule has 6 heteroatoms. The Hall–Kier alpha value is -2.86. The summed E-state index contributed by atoms with van der Waals surface area (Å²) in [4.78, 5) is 15.7. The van der Waals surface area contributed by atoms with Crippen LogP contribution in [0.1, 0.15) is 33.6 Å². The summed E-state index contributed by atoms with van der Waals surface area (Å²) < 4.78 is 11.8. The number of imidazole rings is 1. The van der Waals surface area contributed by atoms with Gasteiger partial charge < -0.3 is 18.8 Å². The Balaban J connectivity index is 1.81. The molecule has 0 saturated heterocycles. The summed E-state index contributed by atoms with van der Waals surface area (Å²) in [6.45, 7) is 0.357. The minimum absolute atomic E-state index is 0.354. The van der Waals surface area contributed by atoms with Crippen molar-refractivity contribution in [2.24, 2.45) is 0 Å². The second-order valence-corrected chi connectivity index (χ2v) is 5.02. The van der Waals surface area contributed by atoms with E-state index in [9.17, 15) is 9.90 Å². The maximum absolute atomic E-state index is 11.4. The number of carbonyl (C=O) groups excluding carboxylic acids is 1. The zero-order valence-electron chi connectivity index (χ0n) is 12.5. The first kappa shape index (κ1) is 15.1. The second kappa shape index (κ2) is 6.50. The molecule has 1 N–H and O–H groups in total. The Morgan fingerprint density at radius 2 is 2.17 bits per heavy atom. The average Bonchev–Trinajstić information content (AvgIpc) is 3.24. The fourth-order valence-corrected chi connectivity index (χ4v) is 2.34. The number of nitrogens with zero attached hydrogens (tertiary/aromatic N) is 2. The Morgan fingerprint density at radius 3 is 2.91 bits per heavy atom. The van der Waals surface area contributed by atoms with E-state index in [0.29, 0.717) is 23.7 Å². The van der Waals surface area contributed by atoms with Gasteiger partial charge in [0.25, 0.3) is 0 Å². The van der Waals surface area contributed by atoms with Gasteiger partial charge >= 0.3 is 5.97 Å². The molecule has 1 aromatic carbocycles. The lowest BCUT2D eigenvalue weighted by Crippen LogP contribution is -2.10. The Labute approximate surface area is 133 Å². The molecule has 0 spiro atoms. The van der Waals surface area contributed by atoms with Crippen molar-refractivity contribution in [2.45, 2.75) is 12.6 Å². The minimum atomic E-state index is -0.832. The van der Waals surface area contributed by atoms with Gasteiger partial charge in [-0.3, -0.25) is 0 Å². The number of rotatable bonds is 5. The average molecular weight is 312 g/mol. The number of esters is 1. The van der Waals surface area contributed by atoms with Gasteiger partial charge in [0, 0.05) is 12.4 Å². The molecule has 3 aromatic rings. The molecule has 1 unspecified atom stereocenters. The van der Waals surface area contributed by atoms with Crippen LogP contribution in [-0.2, 0) is 11.3 Å². The van der Waals surface area contributed by atoms with Crippen molar-refractivity contribution < 1.29 is 19.1 Å². The zero-order valence-corrected chi connectivity index (χ0v) is 12.5. The molecule has 3 rings (SSSR count). The van der Waals surface area contributed by atoms with Gasteiger partial charge in [0.05, 0.1) is 19.2 Å². The predicted molar refractivity (Wildman–Crippen MR) is 81.9 cm³/mol. The number of benzene rings is 1. The van der Waals surface area contributed by atoms with Crippen molar-refractivity contribution >= 4 is 5.97 Å². The SMILES string of the molecule is COC(=O)c1coc(Cn2ccnc2C(O)c2ccccc2)c1. The van der Waals surface area contributed by atoms with Crippen molar-refractivity contribution in [3.8, 4) is 0 Å². The summed E-state index contributed by atoms with van der Waals surface area (Å²) in [5.74, 6) is 0.632. The zero-order chi connectivity index (χ0) is 16.2. The van der Waals surface area contributed by atoms with Crippen LogP contribution in [0.3, 0.4) is 0 Å². The molecule has 0 fully saturated rings. The topological polar surface area (TPSA) is 77.5 Å². The molecule has 0 radical (unpaired) electrons. The number of methoxy groups -OCH3 is 1. The molecular formula is C17H16N2O4. The number of aromatic nitrogens is 2. The molecular weight excluding hydrogens is 296 g/mol. The summed E-state index contributed by atoms with van der Waals surface area (Å²) in [5, 5.41) is 10.5. The highest BCUT2D eigenvalue weighted by atomic mass is 16.5. The molecule has 2 heterocycles. The van der Waals surface area contributed by atoms with E-state index in [2.05, 4.69) is 9.72 Å². The minimum Gasteiger partial charge on any atom is -0.467 e. The van der Waals surface area contributed by atoms with Crippen molar-refractivity contribution in [1.82, 2.24) is 9.55 Å². The lowest BCUT2D eigenvalue weighted by molar-refractivity contribution is 0.0600. The molecule has 118 valence electrons. The van der Waals surface area contributed by atoms with Crippen molar-refractivity contribution in [3.05, 3.63) is 77.8 Å². The second-order valence-electron chi connectivity index (χ2n) is 5.02.